The SMILES string of the molecule is C[C@H](O)c1nccn1Cc1cc(-c2ccc(C#CCCC(N)=O)cc2)on1. The minimum absolute atomic E-state index is 0.264. The molecular formula is C20H20N4O3. The van der Waals surface area contributed by atoms with Crippen molar-refractivity contribution in [3.63, 3.8) is 0 Å². The van der Waals surface area contributed by atoms with Crippen LogP contribution < -0.4 is 5.73 Å². The van der Waals surface area contributed by atoms with Crippen LogP contribution in [0.1, 0.15) is 43.0 Å². The van der Waals surface area contributed by atoms with Gasteiger partial charge in [-0.1, -0.05) is 17.0 Å². The van der Waals surface area contributed by atoms with Crippen molar-refractivity contribution in [2.75, 3.05) is 0 Å². The number of primary amides is 1. The molecule has 1 aromatic carbocycles. The zero-order chi connectivity index (χ0) is 19.2. The van der Waals surface area contributed by atoms with Gasteiger partial charge < -0.3 is 19.9 Å². The van der Waals surface area contributed by atoms with Crippen molar-refractivity contribution in [2.24, 2.45) is 5.73 Å². The third-order valence-corrected chi connectivity index (χ3v) is 3.91. The minimum Gasteiger partial charge on any atom is -0.385 e. The molecule has 0 aliphatic heterocycles. The van der Waals surface area contributed by atoms with Crippen molar-refractivity contribution in [3.05, 3.63) is 59.8 Å². The summed E-state index contributed by atoms with van der Waals surface area (Å²) in [6.07, 6.45) is 3.50. The highest BCUT2D eigenvalue weighted by molar-refractivity contribution is 5.74. The molecule has 1 atom stereocenters. The van der Waals surface area contributed by atoms with Crippen molar-refractivity contribution in [2.45, 2.75) is 32.4 Å². The van der Waals surface area contributed by atoms with E-state index in [1.165, 1.54) is 0 Å². The number of nitrogens with zero attached hydrogens (tertiary/aromatic N) is 3. The average Bonchev–Trinajstić information content (AvgIpc) is 3.29. The van der Waals surface area contributed by atoms with Crippen LogP contribution in [0.4, 0.5) is 0 Å². The fraction of sp³-hybridized carbons (Fsp3) is 0.250. The number of hydrogen-bond acceptors (Lipinski definition) is 5. The van der Waals surface area contributed by atoms with Gasteiger partial charge in [0.15, 0.2) is 5.76 Å². The lowest BCUT2D eigenvalue weighted by molar-refractivity contribution is -0.117. The second kappa shape index (κ2) is 8.34. The predicted molar refractivity (Wildman–Crippen MR) is 99.2 cm³/mol. The fourth-order valence-electron chi connectivity index (χ4n) is 2.59. The lowest BCUT2D eigenvalue weighted by Gasteiger charge is -2.07. The molecule has 3 aromatic rings. The van der Waals surface area contributed by atoms with E-state index >= 15 is 0 Å². The number of amides is 1. The van der Waals surface area contributed by atoms with E-state index in [4.69, 9.17) is 10.3 Å². The number of aliphatic hydroxyl groups excluding tert-OH is 1. The summed E-state index contributed by atoms with van der Waals surface area (Å²) >= 11 is 0. The normalized spacial score (nSPS) is 11.6. The summed E-state index contributed by atoms with van der Waals surface area (Å²) in [4.78, 5) is 14.8. The van der Waals surface area contributed by atoms with E-state index in [9.17, 15) is 9.90 Å². The molecule has 1 amide bonds. The molecule has 0 aliphatic rings. The van der Waals surface area contributed by atoms with Crippen molar-refractivity contribution < 1.29 is 14.4 Å². The Morgan fingerprint density at radius 2 is 2.15 bits per heavy atom. The van der Waals surface area contributed by atoms with Crippen LogP contribution in [0.25, 0.3) is 11.3 Å². The van der Waals surface area contributed by atoms with Crippen LogP contribution in [0.5, 0.6) is 0 Å². The van der Waals surface area contributed by atoms with Gasteiger partial charge in [-0.25, -0.2) is 4.98 Å². The van der Waals surface area contributed by atoms with Crippen LogP contribution in [-0.4, -0.2) is 25.7 Å². The third kappa shape index (κ3) is 4.84. The largest absolute Gasteiger partial charge is 0.385 e. The Kier molecular flexibility index (Phi) is 5.69. The second-order valence-electron chi connectivity index (χ2n) is 6.12. The summed E-state index contributed by atoms with van der Waals surface area (Å²) in [6, 6.07) is 9.44. The van der Waals surface area contributed by atoms with E-state index in [0.717, 1.165) is 16.8 Å². The Morgan fingerprint density at radius 3 is 2.85 bits per heavy atom. The first-order valence-corrected chi connectivity index (χ1v) is 8.55. The molecule has 7 heteroatoms. The van der Waals surface area contributed by atoms with Gasteiger partial charge in [-0.05, 0) is 31.2 Å². The Labute approximate surface area is 156 Å². The topological polar surface area (TPSA) is 107 Å². The van der Waals surface area contributed by atoms with E-state index in [-0.39, 0.29) is 12.3 Å². The zero-order valence-electron chi connectivity index (χ0n) is 14.9. The first-order chi connectivity index (χ1) is 13.0. The second-order valence-corrected chi connectivity index (χ2v) is 6.12. The van der Waals surface area contributed by atoms with Crippen LogP contribution in [-0.2, 0) is 11.3 Å². The Morgan fingerprint density at radius 1 is 1.37 bits per heavy atom. The molecule has 0 unspecified atom stereocenters. The van der Waals surface area contributed by atoms with Crippen LogP contribution in [0.15, 0.2) is 47.2 Å². The number of aliphatic hydroxyl groups is 1. The molecule has 3 N–H and O–H groups in total. The summed E-state index contributed by atoms with van der Waals surface area (Å²) in [7, 11) is 0. The molecule has 3 rings (SSSR count). The van der Waals surface area contributed by atoms with Gasteiger partial charge in [0.05, 0.1) is 6.54 Å². The number of benzene rings is 1. The number of carbonyl (C=O) groups excluding carboxylic acids is 1. The number of aromatic nitrogens is 3. The molecule has 0 bridgehead atoms. The summed E-state index contributed by atoms with van der Waals surface area (Å²) in [5.41, 5.74) is 7.56. The first kappa shape index (κ1) is 18.4. The Balaban J connectivity index is 1.67. The van der Waals surface area contributed by atoms with Crippen LogP contribution >= 0.6 is 0 Å². The molecular weight excluding hydrogens is 344 g/mol. The van der Waals surface area contributed by atoms with Gasteiger partial charge in [-0.2, -0.15) is 0 Å². The summed E-state index contributed by atoms with van der Waals surface area (Å²) in [5, 5.41) is 13.8. The van der Waals surface area contributed by atoms with Gasteiger partial charge in [0.2, 0.25) is 5.91 Å². The lowest BCUT2D eigenvalue weighted by atomic mass is 10.1. The van der Waals surface area contributed by atoms with Gasteiger partial charge in [0.1, 0.15) is 17.6 Å². The molecule has 0 radical (unpaired) electrons. The zero-order valence-corrected chi connectivity index (χ0v) is 14.9. The van der Waals surface area contributed by atoms with Crippen molar-refractivity contribution in [1.82, 2.24) is 14.7 Å². The van der Waals surface area contributed by atoms with E-state index in [2.05, 4.69) is 22.0 Å². The van der Waals surface area contributed by atoms with Crippen molar-refractivity contribution in [1.29, 1.82) is 0 Å². The van der Waals surface area contributed by atoms with E-state index in [1.807, 2.05) is 34.9 Å². The standard InChI is InChI=1S/C20H20N4O3/c1-14(25)20-22-10-11-24(20)13-17-12-18(27-23-17)16-8-6-15(7-9-16)4-2-3-5-19(21)26/h6-12,14,25H,3,5,13H2,1H3,(H2,21,26)/t14-/m0/s1. The molecule has 7 nitrogen and oxygen atoms in total. The summed E-state index contributed by atoms with van der Waals surface area (Å²) in [5.74, 6) is 6.79. The maximum atomic E-state index is 10.7. The van der Waals surface area contributed by atoms with Crippen molar-refractivity contribution >= 4 is 5.91 Å². The number of nitrogens with two attached hydrogens (primary N) is 1. The van der Waals surface area contributed by atoms with E-state index < -0.39 is 6.10 Å². The lowest BCUT2D eigenvalue weighted by Crippen LogP contribution is -2.08. The maximum absolute atomic E-state index is 10.7. The highest BCUT2D eigenvalue weighted by Crippen LogP contribution is 2.22. The summed E-state index contributed by atoms with van der Waals surface area (Å²) in [6.45, 7) is 2.14. The predicted octanol–water partition coefficient (Wildman–Crippen LogP) is 2.26. The van der Waals surface area contributed by atoms with Crippen LogP contribution in [0.3, 0.4) is 0 Å². The molecule has 0 fully saturated rings. The molecule has 0 saturated heterocycles. The van der Waals surface area contributed by atoms with Crippen LogP contribution in [0, 0.1) is 11.8 Å². The third-order valence-electron chi connectivity index (χ3n) is 3.91. The van der Waals surface area contributed by atoms with Gasteiger partial charge in [-0.15, -0.1) is 0 Å². The molecule has 2 heterocycles. The molecule has 2 aromatic heterocycles. The van der Waals surface area contributed by atoms with Crippen molar-refractivity contribution in [3.8, 4) is 23.2 Å². The molecule has 138 valence electrons. The highest BCUT2D eigenvalue weighted by Gasteiger charge is 2.12. The number of carbonyl (C=O) groups is 1. The molecule has 0 aliphatic carbocycles. The highest BCUT2D eigenvalue weighted by atomic mass is 16.5. The molecule has 27 heavy (non-hydrogen) atoms. The Bertz CT molecular complexity index is 975. The Hall–Kier alpha value is -3.37. The molecule has 0 saturated carbocycles. The van der Waals surface area contributed by atoms with Gasteiger partial charge >= 0.3 is 0 Å². The average molecular weight is 364 g/mol. The number of imidazole rings is 1. The van der Waals surface area contributed by atoms with Gasteiger partial charge in [0, 0.05) is 42.4 Å². The number of rotatable bonds is 6. The van der Waals surface area contributed by atoms with E-state index in [0.29, 0.717) is 24.6 Å². The van der Waals surface area contributed by atoms with Gasteiger partial charge in [-0.3, -0.25) is 4.79 Å². The first-order valence-electron chi connectivity index (χ1n) is 8.55. The monoisotopic (exact) mass is 364 g/mol. The smallest absolute Gasteiger partial charge is 0.218 e. The summed E-state index contributed by atoms with van der Waals surface area (Å²) < 4.78 is 7.26. The van der Waals surface area contributed by atoms with E-state index in [1.54, 1.807) is 19.3 Å². The quantitative estimate of drug-likeness (QED) is 0.653. The number of hydrogen-bond donors (Lipinski definition) is 2. The molecule has 0 spiro atoms. The van der Waals surface area contributed by atoms with Gasteiger partial charge in [0.25, 0.3) is 0 Å². The maximum Gasteiger partial charge on any atom is 0.218 e. The fourth-order valence-corrected chi connectivity index (χ4v) is 2.59. The minimum atomic E-state index is -0.650. The van der Waals surface area contributed by atoms with Crippen LogP contribution in [0.2, 0.25) is 0 Å².